The smallest absolute Gasteiger partial charge is 0.222 e. The van der Waals surface area contributed by atoms with Gasteiger partial charge in [-0.05, 0) is 24.9 Å². The Labute approximate surface area is 114 Å². The minimum atomic E-state index is 0.0711. The van der Waals surface area contributed by atoms with E-state index in [0.29, 0.717) is 25.7 Å². The number of nitrogens with one attached hydrogen (secondary N) is 2. The Morgan fingerprint density at radius 3 is 2.95 bits per heavy atom. The second-order valence-electron chi connectivity index (χ2n) is 4.89. The molecule has 1 amide bonds. The standard InChI is InChI=1S/C15H22N2O2/c18-15(17-11-14-7-4-9-16-14)8-10-19-12-13-5-2-1-3-6-13/h1-3,5-6,14,16H,4,7-12H2,(H,17,18). The molecule has 4 nitrogen and oxygen atoms in total. The van der Waals surface area contributed by atoms with E-state index in [2.05, 4.69) is 10.6 Å². The van der Waals surface area contributed by atoms with E-state index in [1.165, 1.54) is 6.42 Å². The van der Waals surface area contributed by atoms with Crippen molar-refractivity contribution in [1.29, 1.82) is 0 Å². The number of amides is 1. The minimum absolute atomic E-state index is 0.0711. The molecule has 1 heterocycles. The van der Waals surface area contributed by atoms with E-state index >= 15 is 0 Å². The quantitative estimate of drug-likeness (QED) is 0.732. The van der Waals surface area contributed by atoms with Gasteiger partial charge in [0.1, 0.15) is 0 Å². The third kappa shape index (κ3) is 5.41. The first-order valence-electron chi connectivity index (χ1n) is 6.96. The summed E-state index contributed by atoms with van der Waals surface area (Å²) in [5, 5.41) is 6.30. The zero-order valence-corrected chi connectivity index (χ0v) is 11.2. The van der Waals surface area contributed by atoms with E-state index in [1.54, 1.807) is 0 Å². The van der Waals surface area contributed by atoms with Gasteiger partial charge in [0, 0.05) is 19.0 Å². The number of rotatable bonds is 7. The van der Waals surface area contributed by atoms with Crippen molar-refractivity contribution in [3.8, 4) is 0 Å². The van der Waals surface area contributed by atoms with Crippen LogP contribution in [-0.2, 0) is 16.1 Å². The number of ether oxygens (including phenoxy) is 1. The van der Waals surface area contributed by atoms with Crippen LogP contribution in [0.3, 0.4) is 0 Å². The number of hydrogen-bond acceptors (Lipinski definition) is 3. The average molecular weight is 262 g/mol. The van der Waals surface area contributed by atoms with Gasteiger partial charge in [0.15, 0.2) is 0 Å². The van der Waals surface area contributed by atoms with Gasteiger partial charge in [0.2, 0.25) is 5.91 Å². The van der Waals surface area contributed by atoms with Crippen molar-refractivity contribution in [2.45, 2.75) is 31.9 Å². The van der Waals surface area contributed by atoms with Crippen LogP contribution in [0.4, 0.5) is 0 Å². The summed E-state index contributed by atoms with van der Waals surface area (Å²) in [5.41, 5.74) is 1.14. The van der Waals surface area contributed by atoms with E-state index in [0.717, 1.165) is 25.1 Å². The maximum absolute atomic E-state index is 11.6. The molecule has 1 unspecified atom stereocenters. The Hall–Kier alpha value is -1.39. The third-order valence-electron chi connectivity index (χ3n) is 3.29. The predicted octanol–water partition coefficient (Wildman–Crippen LogP) is 1.46. The molecule has 1 aliphatic heterocycles. The molecule has 0 aromatic heterocycles. The molecular formula is C15H22N2O2. The van der Waals surface area contributed by atoms with Crippen LogP contribution < -0.4 is 10.6 Å². The largest absolute Gasteiger partial charge is 0.376 e. The van der Waals surface area contributed by atoms with Crippen molar-refractivity contribution >= 4 is 5.91 Å². The Morgan fingerprint density at radius 1 is 1.37 bits per heavy atom. The molecule has 1 aromatic rings. The first-order valence-corrected chi connectivity index (χ1v) is 6.96. The Kier molecular flexibility index (Phi) is 5.85. The summed E-state index contributed by atoms with van der Waals surface area (Å²) in [7, 11) is 0. The van der Waals surface area contributed by atoms with Crippen LogP contribution >= 0.6 is 0 Å². The van der Waals surface area contributed by atoms with Gasteiger partial charge in [-0.15, -0.1) is 0 Å². The van der Waals surface area contributed by atoms with Gasteiger partial charge >= 0.3 is 0 Å². The Morgan fingerprint density at radius 2 is 2.21 bits per heavy atom. The molecule has 1 aromatic carbocycles. The minimum Gasteiger partial charge on any atom is -0.376 e. The first kappa shape index (κ1) is 14.0. The molecular weight excluding hydrogens is 240 g/mol. The average Bonchev–Trinajstić information content (AvgIpc) is 2.96. The highest BCUT2D eigenvalue weighted by Crippen LogP contribution is 2.03. The van der Waals surface area contributed by atoms with Crippen LogP contribution in [0.2, 0.25) is 0 Å². The molecule has 4 heteroatoms. The highest BCUT2D eigenvalue weighted by molar-refractivity contribution is 5.75. The highest BCUT2D eigenvalue weighted by atomic mass is 16.5. The van der Waals surface area contributed by atoms with Gasteiger partial charge in [0.25, 0.3) is 0 Å². The van der Waals surface area contributed by atoms with Crippen LogP contribution in [0.1, 0.15) is 24.8 Å². The van der Waals surface area contributed by atoms with Crippen LogP contribution in [0, 0.1) is 0 Å². The molecule has 1 saturated heterocycles. The third-order valence-corrected chi connectivity index (χ3v) is 3.29. The zero-order chi connectivity index (χ0) is 13.3. The lowest BCUT2D eigenvalue weighted by atomic mass is 10.2. The fraction of sp³-hybridized carbons (Fsp3) is 0.533. The van der Waals surface area contributed by atoms with E-state index in [4.69, 9.17) is 4.74 Å². The normalized spacial score (nSPS) is 18.4. The first-order chi connectivity index (χ1) is 9.34. The molecule has 0 saturated carbocycles. The van der Waals surface area contributed by atoms with Gasteiger partial charge in [-0.25, -0.2) is 0 Å². The van der Waals surface area contributed by atoms with Crippen molar-refractivity contribution in [3.05, 3.63) is 35.9 Å². The molecule has 104 valence electrons. The molecule has 1 atom stereocenters. The maximum atomic E-state index is 11.6. The number of carbonyl (C=O) groups excluding carboxylic acids is 1. The van der Waals surface area contributed by atoms with Crippen molar-refractivity contribution in [3.63, 3.8) is 0 Å². The lowest BCUT2D eigenvalue weighted by Gasteiger charge is -2.11. The van der Waals surface area contributed by atoms with Gasteiger partial charge < -0.3 is 15.4 Å². The van der Waals surface area contributed by atoms with Crippen molar-refractivity contribution in [2.75, 3.05) is 19.7 Å². The summed E-state index contributed by atoms with van der Waals surface area (Å²) < 4.78 is 5.49. The highest BCUT2D eigenvalue weighted by Gasteiger charge is 2.14. The lowest BCUT2D eigenvalue weighted by Crippen LogP contribution is -2.37. The maximum Gasteiger partial charge on any atom is 0.222 e. The summed E-state index contributed by atoms with van der Waals surface area (Å²) in [6.45, 7) is 2.84. The Balaban J connectivity index is 1.51. The number of benzene rings is 1. The van der Waals surface area contributed by atoms with Gasteiger partial charge in [-0.2, -0.15) is 0 Å². The van der Waals surface area contributed by atoms with E-state index < -0.39 is 0 Å². The number of carbonyl (C=O) groups is 1. The van der Waals surface area contributed by atoms with E-state index in [1.807, 2.05) is 30.3 Å². The van der Waals surface area contributed by atoms with Crippen LogP contribution in [0.25, 0.3) is 0 Å². The van der Waals surface area contributed by atoms with Crippen LogP contribution in [0.5, 0.6) is 0 Å². The van der Waals surface area contributed by atoms with Crippen molar-refractivity contribution in [2.24, 2.45) is 0 Å². The summed E-state index contributed by atoms with van der Waals surface area (Å²) in [5.74, 6) is 0.0711. The van der Waals surface area contributed by atoms with Crippen molar-refractivity contribution in [1.82, 2.24) is 10.6 Å². The molecule has 2 rings (SSSR count). The molecule has 1 aliphatic rings. The molecule has 0 aliphatic carbocycles. The topological polar surface area (TPSA) is 50.4 Å². The summed E-state index contributed by atoms with van der Waals surface area (Å²) in [6.07, 6.45) is 2.80. The lowest BCUT2D eigenvalue weighted by molar-refractivity contribution is -0.122. The van der Waals surface area contributed by atoms with E-state index in [9.17, 15) is 4.79 Å². The fourth-order valence-electron chi connectivity index (χ4n) is 2.19. The molecule has 0 spiro atoms. The van der Waals surface area contributed by atoms with E-state index in [-0.39, 0.29) is 5.91 Å². The monoisotopic (exact) mass is 262 g/mol. The molecule has 19 heavy (non-hydrogen) atoms. The Bertz CT molecular complexity index is 375. The van der Waals surface area contributed by atoms with Crippen molar-refractivity contribution < 1.29 is 9.53 Å². The van der Waals surface area contributed by atoms with Gasteiger partial charge in [-0.3, -0.25) is 4.79 Å². The van der Waals surface area contributed by atoms with Crippen LogP contribution in [-0.4, -0.2) is 31.6 Å². The molecule has 2 N–H and O–H groups in total. The predicted molar refractivity (Wildman–Crippen MR) is 74.7 cm³/mol. The fourth-order valence-corrected chi connectivity index (χ4v) is 2.19. The van der Waals surface area contributed by atoms with Gasteiger partial charge in [-0.1, -0.05) is 30.3 Å². The molecule has 0 radical (unpaired) electrons. The molecule has 0 bridgehead atoms. The second kappa shape index (κ2) is 7.92. The SMILES string of the molecule is O=C(CCOCc1ccccc1)NCC1CCCN1. The summed E-state index contributed by atoms with van der Waals surface area (Å²) in [4.78, 5) is 11.6. The second-order valence-corrected chi connectivity index (χ2v) is 4.89. The number of hydrogen-bond donors (Lipinski definition) is 2. The van der Waals surface area contributed by atoms with Crippen LogP contribution in [0.15, 0.2) is 30.3 Å². The zero-order valence-electron chi connectivity index (χ0n) is 11.2. The summed E-state index contributed by atoms with van der Waals surface area (Å²) in [6, 6.07) is 10.4. The van der Waals surface area contributed by atoms with Gasteiger partial charge in [0.05, 0.1) is 13.2 Å². The summed E-state index contributed by atoms with van der Waals surface area (Å²) >= 11 is 0. The molecule has 1 fully saturated rings.